The Morgan fingerprint density at radius 1 is 1.59 bits per heavy atom. The van der Waals surface area contributed by atoms with Crippen molar-refractivity contribution in [2.24, 2.45) is 5.92 Å². The third kappa shape index (κ3) is 2.84. The van der Waals surface area contributed by atoms with Gasteiger partial charge in [0.15, 0.2) is 0 Å². The largest absolute Gasteiger partial charge is 0.389 e. The number of piperidine rings is 1. The fourth-order valence-corrected chi connectivity index (χ4v) is 2.94. The Bertz CT molecular complexity index is 412. The van der Waals surface area contributed by atoms with Gasteiger partial charge in [-0.2, -0.15) is 0 Å². The molecule has 1 fully saturated rings. The Balaban J connectivity index is 2.22. The third-order valence-corrected chi connectivity index (χ3v) is 4.97. The molecule has 0 aromatic heterocycles. The minimum atomic E-state index is -0.643. The lowest BCUT2D eigenvalue weighted by Gasteiger charge is -2.39. The minimum absolute atomic E-state index is 0.242. The Morgan fingerprint density at radius 2 is 2.35 bits per heavy atom. The predicted molar refractivity (Wildman–Crippen MR) is 74.5 cm³/mol. The topological polar surface area (TPSA) is 32.3 Å². The maximum absolute atomic E-state index is 10.7. The molecule has 94 valence electrons. The molecule has 2 atom stereocenters. The lowest BCUT2D eigenvalue weighted by Crippen LogP contribution is -2.50. The normalized spacial score (nSPS) is 29.3. The highest BCUT2D eigenvalue weighted by molar-refractivity contribution is 9.10. The van der Waals surface area contributed by atoms with Gasteiger partial charge in [-0.25, -0.2) is 0 Å². The van der Waals surface area contributed by atoms with Crippen LogP contribution in [0.25, 0.3) is 0 Å². The number of nitrogens with one attached hydrogen (secondary N) is 1. The Morgan fingerprint density at radius 3 is 3.06 bits per heavy atom. The number of halogens is 2. The second-order valence-corrected chi connectivity index (χ2v) is 6.08. The van der Waals surface area contributed by atoms with Crippen molar-refractivity contribution >= 4 is 27.5 Å². The average Bonchev–Trinajstić information content (AvgIpc) is 2.29. The van der Waals surface area contributed by atoms with Crippen molar-refractivity contribution in [3.8, 4) is 0 Å². The van der Waals surface area contributed by atoms with Gasteiger partial charge in [-0.1, -0.05) is 30.7 Å². The van der Waals surface area contributed by atoms with Crippen LogP contribution in [0.3, 0.4) is 0 Å². The van der Waals surface area contributed by atoms with E-state index >= 15 is 0 Å². The second kappa shape index (κ2) is 5.27. The SMILES string of the molecule is CC1CNCCC1(O)Cc1cccc(Br)c1Cl. The molecular weight excluding hydrogens is 302 g/mol. The van der Waals surface area contributed by atoms with Crippen molar-refractivity contribution in [2.75, 3.05) is 13.1 Å². The van der Waals surface area contributed by atoms with Gasteiger partial charge >= 0.3 is 0 Å². The highest BCUT2D eigenvalue weighted by Crippen LogP contribution is 2.33. The summed E-state index contributed by atoms with van der Waals surface area (Å²) in [5.74, 6) is 0.242. The first-order valence-electron chi connectivity index (χ1n) is 5.89. The Hall–Kier alpha value is -0.0900. The van der Waals surface area contributed by atoms with E-state index in [9.17, 15) is 5.11 Å². The molecular formula is C13H17BrClNO. The van der Waals surface area contributed by atoms with Gasteiger partial charge < -0.3 is 10.4 Å². The van der Waals surface area contributed by atoms with Crippen LogP contribution >= 0.6 is 27.5 Å². The quantitative estimate of drug-likeness (QED) is 0.878. The van der Waals surface area contributed by atoms with Gasteiger partial charge in [-0.05, 0) is 46.4 Å². The number of rotatable bonds is 2. The van der Waals surface area contributed by atoms with Crippen molar-refractivity contribution in [1.82, 2.24) is 5.32 Å². The molecule has 0 radical (unpaired) electrons. The number of hydrogen-bond donors (Lipinski definition) is 2. The standard InChI is InChI=1S/C13H17BrClNO/c1-9-8-16-6-5-13(9,17)7-10-3-2-4-11(14)12(10)15/h2-4,9,16-17H,5-8H2,1H3. The van der Waals surface area contributed by atoms with E-state index in [4.69, 9.17) is 11.6 Å². The summed E-state index contributed by atoms with van der Waals surface area (Å²) in [5, 5.41) is 14.7. The Labute approximate surface area is 115 Å². The molecule has 2 rings (SSSR count). The van der Waals surface area contributed by atoms with Gasteiger partial charge in [0, 0.05) is 17.4 Å². The maximum atomic E-state index is 10.7. The molecule has 1 aromatic rings. The molecule has 2 unspecified atom stereocenters. The van der Waals surface area contributed by atoms with E-state index in [0.29, 0.717) is 11.4 Å². The maximum Gasteiger partial charge on any atom is 0.0738 e. The average molecular weight is 319 g/mol. The summed E-state index contributed by atoms with van der Waals surface area (Å²) < 4.78 is 0.891. The highest BCUT2D eigenvalue weighted by Gasteiger charge is 2.36. The monoisotopic (exact) mass is 317 g/mol. The fraction of sp³-hybridized carbons (Fsp3) is 0.538. The van der Waals surface area contributed by atoms with E-state index in [1.54, 1.807) is 0 Å². The molecule has 1 aliphatic rings. The van der Waals surface area contributed by atoms with Crippen molar-refractivity contribution in [3.63, 3.8) is 0 Å². The minimum Gasteiger partial charge on any atom is -0.389 e. The van der Waals surface area contributed by atoms with Crippen LogP contribution in [0, 0.1) is 5.92 Å². The summed E-state index contributed by atoms with van der Waals surface area (Å²) in [5.41, 5.74) is 0.368. The zero-order valence-electron chi connectivity index (χ0n) is 9.84. The third-order valence-electron chi connectivity index (χ3n) is 3.63. The molecule has 0 spiro atoms. The lowest BCUT2D eigenvalue weighted by atomic mass is 9.78. The van der Waals surface area contributed by atoms with Gasteiger partial charge in [-0.15, -0.1) is 0 Å². The summed E-state index contributed by atoms with van der Waals surface area (Å²) in [4.78, 5) is 0. The first-order chi connectivity index (χ1) is 8.03. The number of hydrogen-bond acceptors (Lipinski definition) is 2. The van der Waals surface area contributed by atoms with Gasteiger partial charge in [0.25, 0.3) is 0 Å². The molecule has 1 saturated heterocycles. The first kappa shape index (κ1) is 13.3. The van der Waals surface area contributed by atoms with Crippen LogP contribution in [0.5, 0.6) is 0 Å². The van der Waals surface area contributed by atoms with E-state index < -0.39 is 5.60 Å². The fourth-order valence-electron chi connectivity index (χ4n) is 2.34. The molecule has 2 nitrogen and oxygen atoms in total. The molecule has 1 aromatic carbocycles. The van der Waals surface area contributed by atoms with Crippen LogP contribution < -0.4 is 5.32 Å². The van der Waals surface area contributed by atoms with Crippen LogP contribution in [0.1, 0.15) is 18.9 Å². The highest BCUT2D eigenvalue weighted by atomic mass is 79.9. The van der Waals surface area contributed by atoms with Gasteiger partial charge in [0.2, 0.25) is 0 Å². The molecule has 0 saturated carbocycles. The molecule has 1 heterocycles. The van der Waals surface area contributed by atoms with E-state index in [0.717, 1.165) is 29.5 Å². The van der Waals surface area contributed by atoms with Gasteiger partial charge in [0.05, 0.1) is 10.6 Å². The number of benzene rings is 1. The van der Waals surface area contributed by atoms with Crippen molar-refractivity contribution < 1.29 is 5.11 Å². The van der Waals surface area contributed by atoms with Crippen LogP contribution in [-0.4, -0.2) is 23.8 Å². The van der Waals surface area contributed by atoms with Crippen LogP contribution in [0.4, 0.5) is 0 Å². The molecule has 0 aliphatic carbocycles. The summed E-state index contributed by atoms with van der Waals surface area (Å²) in [6.45, 7) is 3.81. The first-order valence-corrected chi connectivity index (χ1v) is 7.06. The van der Waals surface area contributed by atoms with E-state index in [2.05, 4.69) is 28.2 Å². The molecule has 17 heavy (non-hydrogen) atoms. The van der Waals surface area contributed by atoms with Crippen molar-refractivity contribution in [3.05, 3.63) is 33.3 Å². The second-order valence-electron chi connectivity index (χ2n) is 4.85. The van der Waals surface area contributed by atoms with Gasteiger partial charge in [0.1, 0.15) is 0 Å². The van der Waals surface area contributed by atoms with E-state index in [-0.39, 0.29) is 5.92 Å². The van der Waals surface area contributed by atoms with Gasteiger partial charge in [-0.3, -0.25) is 0 Å². The summed E-state index contributed by atoms with van der Waals surface area (Å²) in [6, 6.07) is 5.86. The predicted octanol–water partition coefficient (Wildman–Crippen LogP) is 3.01. The summed E-state index contributed by atoms with van der Waals surface area (Å²) in [7, 11) is 0. The molecule has 2 N–H and O–H groups in total. The molecule has 1 aliphatic heterocycles. The zero-order valence-corrected chi connectivity index (χ0v) is 12.2. The summed E-state index contributed by atoms with van der Waals surface area (Å²) in [6.07, 6.45) is 1.39. The Kier molecular flexibility index (Phi) is 4.14. The van der Waals surface area contributed by atoms with Crippen LogP contribution in [-0.2, 0) is 6.42 Å². The van der Waals surface area contributed by atoms with E-state index in [1.807, 2.05) is 18.2 Å². The van der Waals surface area contributed by atoms with Crippen LogP contribution in [0.15, 0.2) is 22.7 Å². The zero-order chi connectivity index (χ0) is 12.5. The molecule has 0 amide bonds. The smallest absolute Gasteiger partial charge is 0.0738 e. The van der Waals surface area contributed by atoms with Crippen molar-refractivity contribution in [2.45, 2.75) is 25.4 Å². The van der Waals surface area contributed by atoms with E-state index in [1.165, 1.54) is 0 Å². The van der Waals surface area contributed by atoms with Crippen LogP contribution in [0.2, 0.25) is 5.02 Å². The number of aliphatic hydroxyl groups is 1. The van der Waals surface area contributed by atoms with Crippen molar-refractivity contribution in [1.29, 1.82) is 0 Å². The molecule has 0 bridgehead atoms. The molecule has 4 heteroatoms. The lowest BCUT2D eigenvalue weighted by molar-refractivity contribution is -0.0329. The summed E-state index contributed by atoms with van der Waals surface area (Å²) >= 11 is 9.67.